The smallest absolute Gasteiger partial charge is 0.132 e. The number of fused-ring (bicyclic) bond motifs is 18. The lowest BCUT2D eigenvalue weighted by molar-refractivity contribution is 0.436. The Kier molecular flexibility index (Phi) is 7.53. The predicted octanol–water partition coefficient (Wildman–Crippen LogP) is 15.8. The van der Waals surface area contributed by atoms with Crippen LogP contribution in [-0.2, 0) is 10.8 Å². The molecule has 0 saturated carbocycles. The summed E-state index contributed by atoms with van der Waals surface area (Å²) in [4.78, 5) is 2.46. The Morgan fingerprint density at radius 1 is 0.246 bits per heavy atom. The minimum atomic E-state index is -0.599. The number of rotatable bonds is 4. The molecule has 0 N–H and O–H groups in total. The maximum absolute atomic E-state index is 6.71. The minimum Gasteiger partial charge on any atom is -0.457 e. The third-order valence-electron chi connectivity index (χ3n) is 14.4. The molecule has 0 saturated heterocycles. The van der Waals surface area contributed by atoms with Crippen molar-refractivity contribution in [3.8, 4) is 56.4 Å². The summed E-state index contributed by atoms with van der Waals surface area (Å²) in [5.41, 5.74) is 19.0. The van der Waals surface area contributed by atoms with E-state index in [1.54, 1.807) is 0 Å². The second kappa shape index (κ2) is 13.6. The van der Waals surface area contributed by atoms with E-state index in [2.05, 4.69) is 241 Å². The van der Waals surface area contributed by atoms with E-state index in [0.717, 1.165) is 67.9 Å². The van der Waals surface area contributed by atoms with Crippen LogP contribution in [0.2, 0.25) is 0 Å². The van der Waals surface area contributed by atoms with Gasteiger partial charge in [0.15, 0.2) is 0 Å². The van der Waals surface area contributed by atoms with Crippen LogP contribution < -0.4 is 14.4 Å². The van der Waals surface area contributed by atoms with Crippen LogP contribution in [0.1, 0.15) is 44.5 Å². The molecule has 14 rings (SSSR count). The first kappa shape index (κ1) is 36.1. The fraction of sp³-hybridized carbons (Fsp3) is 0.0323. The Morgan fingerprint density at radius 2 is 0.646 bits per heavy atom. The molecule has 4 aliphatic rings. The molecule has 0 fully saturated rings. The summed E-state index contributed by atoms with van der Waals surface area (Å²) in [6.07, 6.45) is 0. The van der Waals surface area contributed by atoms with Gasteiger partial charge < -0.3 is 14.4 Å². The summed E-state index contributed by atoms with van der Waals surface area (Å²) in [6.45, 7) is 0. The molecule has 2 aliphatic heterocycles. The maximum Gasteiger partial charge on any atom is 0.132 e. The van der Waals surface area contributed by atoms with Crippen molar-refractivity contribution in [3.63, 3.8) is 0 Å². The Balaban J connectivity index is 1.04. The van der Waals surface area contributed by atoms with Crippen molar-refractivity contribution in [2.24, 2.45) is 0 Å². The van der Waals surface area contributed by atoms with Crippen LogP contribution in [0.25, 0.3) is 33.4 Å². The van der Waals surface area contributed by atoms with Crippen molar-refractivity contribution >= 4 is 17.1 Å². The van der Waals surface area contributed by atoms with Gasteiger partial charge in [-0.1, -0.05) is 176 Å². The first-order chi connectivity index (χ1) is 32.2. The molecule has 0 atom stereocenters. The van der Waals surface area contributed by atoms with Gasteiger partial charge in [0.2, 0.25) is 0 Å². The van der Waals surface area contributed by atoms with Crippen LogP contribution in [0.4, 0.5) is 17.1 Å². The number of ether oxygens (including phenoxy) is 2. The zero-order valence-electron chi connectivity index (χ0n) is 35.3. The van der Waals surface area contributed by atoms with Gasteiger partial charge in [-0.2, -0.15) is 0 Å². The third-order valence-corrected chi connectivity index (χ3v) is 14.4. The first-order valence-corrected chi connectivity index (χ1v) is 22.4. The van der Waals surface area contributed by atoms with E-state index >= 15 is 0 Å². The van der Waals surface area contributed by atoms with E-state index in [1.807, 2.05) is 0 Å². The average molecular weight is 830 g/mol. The van der Waals surface area contributed by atoms with Crippen LogP contribution in [-0.4, -0.2) is 0 Å². The predicted molar refractivity (Wildman–Crippen MR) is 261 cm³/mol. The molecule has 0 bridgehead atoms. The molecule has 2 spiro atoms. The highest BCUT2D eigenvalue weighted by atomic mass is 16.5. The molecular weight excluding hydrogens is 791 g/mol. The Hall–Kier alpha value is -8.40. The SMILES string of the molecule is c1ccc(-c2cccc(N(c3ccc4c(c3)-c3ccccc3C43c4ccccc4Oc4ccccc43)c3ccc4c(c3)C3(c5ccccc5Oc5ccccc53)c3ccccc3-4)c2)cc1. The highest BCUT2D eigenvalue weighted by molar-refractivity contribution is 5.94. The van der Waals surface area contributed by atoms with Gasteiger partial charge >= 0.3 is 0 Å². The molecule has 10 aromatic carbocycles. The first-order valence-electron chi connectivity index (χ1n) is 22.4. The second-order valence-electron chi connectivity index (χ2n) is 17.5. The van der Waals surface area contributed by atoms with Crippen LogP contribution in [0.3, 0.4) is 0 Å². The molecule has 2 heterocycles. The zero-order chi connectivity index (χ0) is 42.7. The van der Waals surface area contributed by atoms with Crippen molar-refractivity contribution in [2.75, 3.05) is 4.90 Å². The lowest BCUT2D eigenvalue weighted by atomic mass is 9.66. The number of hydrogen-bond donors (Lipinski definition) is 0. The van der Waals surface area contributed by atoms with Gasteiger partial charge in [-0.25, -0.2) is 0 Å². The number of benzene rings is 10. The Morgan fingerprint density at radius 3 is 1.23 bits per heavy atom. The highest BCUT2D eigenvalue weighted by Crippen LogP contribution is 2.64. The molecule has 3 nitrogen and oxygen atoms in total. The molecule has 0 amide bonds. The molecule has 0 radical (unpaired) electrons. The largest absolute Gasteiger partial charge is 0.457 e. The van der Waals surface area contributed by atoms with Gasteiger partial charge in [-0.15, -0.1) is 0 Å². The van der Waals surface area contributed by atoms with E-state index < -0.39 is 10.8 Å². The van der Waals surface area contributed by atoms with Gasteiger partial charge in [0.1, 0.15) is 23.0 Å². The molecule has 65 heavy (non-hydrogen) atoms. The molecule has 0 aromatic heterocycles. The van der Waals surface area contributed by atoms with Crippen LogP contribution in [0, 0.1) is 0 Å². The van der Waals surface area contributed by atoms with Crippen molar-refractivity contribution in [2.45, 2.75) is 10.8 Å². The molecule has 3 heteroatoms. The number of anilines is 3. The number of nitrogens with zero attached hydrogens (tertiary/aromatic N) is 1. The van der Waals surface area contributed by atoms with E-state index in [4.69, 9.17) is 9.47 Å². The van der Waals surface area contributed by atoms with E-state index in [9.17, 15) is 0 Å². The lowest BCUT2D eigenvalue weighted by Gasteiger charge is -2.40. The van der Waals surface area contributed by atoms with Crippen molar-refractivity contribution < 1.29 is 9.47 Å². The summed E-state index contributed by atoms with van der Waals surface area (Å²) < 4.78 is 13.4. The maximum atomic E-state index is 6.71. The fourth-order valence-electron chi connectivity index (χ4n) is 11.9. The van der Waals surface area contributed by atoms with Crippen LogP contribution >= 0.6 is 0 Å². The Labute approximate surface area is 378 Å². The molecule has 304 valence electrons. The summed E-state index contributed by atoms with van der Waals surface area (Å²) in [5.74, 6) is 3.55. The van der Waals surface area contributed by atoms with Gasteiger partial charge in [0, 0.05) is 39.3 Å². The summed E-state index contributed by atoms with van der Waals surface area (Å²) in [5, 5.41) is 0. The van der Waals surface area contributed by atoms with E-state index in [-0.39, 0.29) is 0 Å². The molecular formula is C62H39NO2. The van der Waals surface area contributed by atoms with Crippen LogP contribution in [0.5, 0.6) is 23.0 Å². The van der Waals surface area contributed by atoms with Gasteiger partial charge in [0.05, 0.1) is 10.8 Å². The standard InChI is InChI=1S/C62H39NO2/c1-2-17-40(18-3-1)41-19-16-20-42(37-41)63(43-34-36-51-48(38-43)46-22-5-7-24-50(46)61(51)52-25-8-12-29-57(52)64-58-30-13-9-26-53(58)61)44-33-35-47-45-21-4-6-23-49(45)62(56(47)39-44)54-27-10-14-31-59(54)65-60-32-15-11-28-55(60)62/h1-39H. The van der Waals surface area contributed by atoms with E-state index in [0.29, 0.717) is 0 Å². The number of hydrogen-bond acceptors (Lipinski definition) is 3. The Bertz CT molecular complexity index is 3500. The van der Waals surface area contributed by atoms with Gasteiger partial charge in [-0.05, 0) is 116 Å². The normalized spacial score (nSPS) is 14.3. The van der Waals surface area contributed by atoms with Gasteiger partial charge in [0.25, 0.3) is 0 Å². The minimum absolute atomic E-state index is 0.552. The third kappa shape index (κ3) is 4.84. The molecule has 0 unspecified atom stereocenters. The lowest BCUT2D eigenvalue weighted by Crippen LogP contribution is -2.32. The quantitative estimate of drug-likeness (QED) is 0.176. The summed E-state index contributed by atoms with van der Waals surface area (Å²) in [7, 11) is 0. The molecule has 10 aromatic rings. The van der Waals surface area contributed by atoms with Crippen molar-refractivity contribution in [1.82, 2.24) is 0 Å². The number of para-hydroxylation sites is 4. The fourth-order valence-corrected chi connectivity index (χ4v) is 11.9. The summed E-state index contributed by atoms with van der Waals surface area (Å²) >= 11 is 0. The molecule has 2 aliphatic carbocycles. The average Bonchev–Trinajstić information content (AvgIpc) is 3.82. The van der Waals surface area contributed by atoms with E-state index in [1.165, 1.54) is 50.1 Å². The zero-order valence-corrected chi connectivity index (χ0v) is 35.3. The summed E-state index contributed by atoms with van der Waals surface area (Å²) in [6, 6.07) is 86.2. The van der Waals surface area contributed by atoms with Crippen molar-refractivity contribution in [1.29, 1.82) is 0 Å². The van der Waals surface area contributed by atoms with Crippen molar-refractivity contribution in [3.05, 3.63) is 281 Å². The second-order valence-corrected chi connectivity index (χ2v) is 17.5. The topological polar surface area (TPSA) is 21.7 Å². The van der Waals surface area contributed by atoms with Gasteiger partial charge in [-0.3, -0.25) is 0 Å². The van der Waals surface area contributed by atoms with Crippen LogP contribution in [0.15, 0.2) is 237 Å². The highest BCUT2D eigenvalue weighted by Gasteiger charge is 2.53. The monoisotopic (exact) mass is 829 g/mol.